The topological polar surface area (TPSA) is 17.8 Å². The van der Waals surface area contributed by atoms with Gasteiger partial charge in [0.15, 0.2) is 0 Å². The highest BCUT2D eigenvalue weighted by Gasteiger charge is 2.27. The Labute approximate surface area is 110 Å². The van der Waals surface area contributed by atoms with Gasteiger partial charge in [-0.05, 0) is 44.1 Å². The molecule has 1 heterocycles. The zero-order chi connectivity index (χ0) is 12.9. The Morgan fingerprint density at radius 2 is 1.88 bits per heavy atom. The van der Waals surface area contributed by atoms with Gasteiger partial charge in [0.1, 0.15) is 0 Å². The largest absolute Gasteiger partial charge is 0.270 e. The molecule has 0 aliphatic heterocycles. The van der Waals surface area contributed by atoms with Crippen molar-refractivity contribution in [3.8, 4) is 0 Å². The Morgan fingerprint density at radius 1 is 1.24 bits per heavy atom. The predicted octanol–water partition coefficient (Wildman–Crippen LogP) is 4.05. The Bertz CT molecular complexity index is 332. The first-order chi connectivity index (χ1) is 8.14. The minimum Gasteiger partial charge on any atom is -0.270 e. The fourth-order valence-electron chi connectivity index (χ4n) is 2.22. The van der Waals surface area contributed by atoms with Crippen LogP contribution in [0.5, 0.6) is 0 Å². The normalized spacial score (nSPS) is 12.1. The van der Waals surface area contributed by atoms with E-state index in [1.54, 1.807) is 0 Å². The van der Waals surface area contributed by atoms with Crippen LogP contribution in [0.3, 0.4) is 0 Å². The number of rotatable bonds is 7. The van der Waals surface area contributed by atoms with Gasteiger partial charge in [-0.1, -0.05) is 20.8 Å². The molecule has 98 valence electrons. The average molecular weight is 257 g/mol. The van der Waals surface area contributed by atoms with Gasteiger partial charge >= 0.3 is 0 Å². The quantitative estimate of drug-likeness (QED) is 0.673. The van der Waals surface area contributed by atoms with Crippen LogP contribution in [0.4, 0.5) is 0 Å². The van der Waals surface area contributed by atoms with E-state index in [1.807, 2.05) is 0 Å². The van der Waals surface area contributed by atoms with E-state index in [0.29, 0.717) is 0 Å². The van der Waals surface area contributed by atoms with E-state index in [1.165, 1.54) is 11.4 Å². The molecular formula is C14H25ClN2. The molecule has 0 fully saturated rings. The molecule has 17 heavy (non-hydrogen) atoms. The third-order valence-corrected chi connectivity index (χ3v) is 4.48. The molecule has 1 aromatic heterocycles. The second-order valence-electron chi connectivity index (χ2n) is 4.81. The van der Waals surface area contributed by atoms with Crippen LogP contribution in [0.25, 0.3) is 0 Å². The van der Waals surface area contributed by atoms with Crippen molar-refractivity contribution in [1.29, 1.82) is 0 Å². The molecule has 0 aliphatic carbocycles. The lowest BCUT2D eigenvalue weighted by molar-refractivity contribution is 0.293. The van der Waals surface area contributed by atoms with E-state index in [0.717, 1.165) is 38.1 Å². The summed E-state index contributed by atoms with van der Waals surface area (Å²) in [7, 11) is 0. The molecule has 0 saturated heterocycles. The molecule has 0 N–H and O–H groups in total. The van der Waals surface area contributed by atoms with Crippen molar-refractivity contribution in [2.75, 3.05) is 5.88 Å². The lowest BCUT2D eigenvalue weighted by Gasteiger charge is -2.29. The van der Waals surface area contributed by atoms with E-state index in [-0.39, 0.29) is 5.41 Å². The lowest BCUT2D eigenvalue weighted by Crippen LogP contribution is -2.25. The Hall–Kier alpha value is -0.500. The first-order valence-corrected chi connectivity index (χ1v) is 7.29. The summed E-state index contributed by atoms with van der Waals surface area (Å²) < 4.78 is 2.13. The van der Waals surface area contributed by atoms with Crippen LogP contribution in [0.15, 0.2) is 6.07 Å². The minimum atomic E-state index is 0.236. The summed E-state index contributed by atoms with van der Waals surface area (Å²) in [6.45, 7) is 9.72. The monoisotopic (exact) mass is 256 g/mol. The van der Waals surface area contributed by atoms with Crippen LogP contribution in [0, 0.1) is 5.41 Å². The fourth-order valence-corrected chi connectivity index (χ4v) is 2.70. The first kappa shape index (κ1) is 14.6. The van der Waals surface area contributed by atoms with E-state index in [9.17, 15) is 0 Å². The highest BCUT2D eigenvalue weighted by Crippen LogP contribution is 2.32. The zero-order valence-electron chi connectivity index (χ0n) is 11.6. The fraction of sp³-hybridized carbons (Fsp3) is 0.786. The van der Waals surface area contributed by atoms with Crippen LogP contribution in [-0.4, -0.2) is 15.7 Å². The van der Waals surface area contributed by atoms with Crippen molar-refractivity contribution in [3.05, 3.63) is 17.5 Å². The van der Waals surface area contributed by atoms with E-state index in [4.69, 9.17) is 11.6 Å². The standard InChI is InChI=1S/C14H25ClN2/c1-5-12-9-13(17(8-4)16-12)10-14(6-2,7-3)11-15/h9H,5-8,10-11H2,1-4H3. The third kappa shape index (κ3) is 3.25. The van der Waals surface area contributed by atoms with Gasteiger partial charge in [0.25, 0.3) is 0 Å². The summed E-state index contributed by atoms with van der Waals surface area (Å²) in [5.74, 6) is 0.732. The van der Waals surface area contributed by atoms with Crippen LogP contribution in [0.1, 0.15) is 51.9 Å². The summed E-state index contributed by atoms with van der Waals surface area (Å²) in [6.07, 6.45) is 4.31. The summed E-state index contributed by atoms with van der Waals surface area (Å²) in [6, 6.07) is 2.25. The second-order valence-corrected chi connectivity index (χ2v) is 5.08. The third-order valence-electron chi connectivity index (χ3n) is 3.92. The number of nitrogens with zero attached hydrogens (tertiary/aromatic N) is 2. The van der Waals surface area contributed by atoms with Crippen molar-refractivity contribution in [2.45, 2.75) is 59.9 Å². The molecule has 2 nitrogen and oxygen atoms in total. The molecule has 1 aromatic rings. The molecule has 0 atom stereocenters. The number of halogens is 1. The predicted molar refractivity (Wildman–Crippen MR) is 74.7 cm³/mol. The molecule has 1 rings (SSSR count). The summed E-state index contributed by atoms with van der Waals surface area (Å²) >= 11 is 6.18. The summed E-state index contributed by atoms with van der Waals surface area (Å²) in [5, 5.41) is 4.61. The average Bonchev–Trinajstić information content (AvgIpc) is 2.78. The van der Waals surface area contributed by atoms with Gasteiger partial charge in [-0.3, -0.25) is 4.68 Å². The first-order valence-electron chi connectivity index (χ1n) is 6.76. The summed E-state index contributed by atoms with van der Waals surface area (Å²) in [5.41, 5.74) is 2.77. The van der Waals surface area contributed by atoms with E-state index in [2.05, 4.69) is 43.5 Å². The Morgan fingerprint density at radius 3 is 2.29 bits per heavy atom. The maximum Gasteiger partial charge on any atom is 0.0624 e. The molecular weight excluding hydrogens is 232 g/mol. The van der Waals surface area contributed by atoms with Crippen LogP contribution in [-0.2, 0) is 19.4 Å². The highest BCUT2D eigenvalue weighted by molar-refractivity contribution is 6.18. The molecule has 0 bridgehead atoms. The Kier molecular flexibility index (Phi) is 5.51. The molecule has 0 radical (unpaired) electrons. The molecule has 0 saturated carbocycles. The number of hydrogen-bond donors (Lipinski definition) is 0. The van der Waals surface area contributed by atoms with Gasteiger partial charge in [0.05, 0.1) is 5.69 Å². The van der Waals surface area contributed by atoms with Crippen molar-refractivity contribution < 1.29 is 0 Å². The van der Waals surface area contributed by atoms with Crippen LogP contribution >= 0.6 is 11.6 Å². The number of alkyl halides is 1. The van der Waals surface area contributed by atoms with Gasteiger partial charge < -0.3 is 0 Å². The second kappa shape index (κ2) is 6.44. The molecule has 0 spiro atoms. The molecule has 0 aromatic carbocycles. The number of hydrogen-bond acceptors (Lipinski definition) is 1. The minimum absolute atomic E-state index is 0.236. The molecule has 0 unspecified atom stereocenters. The van der Waals surface area contributed by atoms with E-state index < -0.39 is 0 Å². The van der Waals surface area contributed by atoms with Gasteiger partial charge in [0, 0.05) is 18.1 Å². The van der Waals surface area contributed by atoms with Gasteiger partial charge in [-0.15, -0.1) is 11.6 Å². The van der Waals surface area contributed by atoms with Crippen LogP contribution in [0.2, 0.25) is 0 Å². The smallest absolute Gasteiger partial charge is 0.0624 e. The lowest BCUT2D eigenvalue weighted by atomic mass is 9.80. The molecule has 0 amide bonds. The Balaban J connectivity index is 2.95. The maximum atomic E-state index is 6.18. The number of aryl methyl sites for hydroxylation is 2. The maximum absolute atomic E-state index is 6.18. The van der Waals surface area contributed by atoms with Crippen molar-refractivity contribution >= 4 is 11.6 Å². The SMILES string of the molecule is CCc1cc(CC(CC)(CC)CCl)n(CC)n1. The molecule has 3 heteroatoms. The van der Waals surface area contributed by atoms with Gasteiger partial charge in [-0.25, -0.2) is 0 Å². The molecule has 0 aliphatic rings. The highest BCUT2D eigenvalue weighted by atomic mass is 35.5. The number of aromatic nitrogens is 2. The van der Waals surface area contributed by atoms with E-state index >= 15 is 0 Å². The van der Waals surface area contributed by atoms with Gasteiger partial charge in [-0.2, -0.15) is 5.10 Å². The van der Waals surface area contributed by atoms with Crippen molar-refractivity contribution in [3.63, 3.8) is 0 Å². The van der Waals surface area contributed by atoms with Crippen molar-refractivity contribution in [1.82, 2.24) is 9.78 Å². The van der Waals surface area contributed by atoms with Gasteiger partial charge in [0.2, 0.25) is 0 Å². The zero-order valence-corrected chi connectivity index (χ0v) is 12.3. The van der Waals surface area contributed by atoms with Crippen molar-refractivity contribution in [2.24, 2.45) is 5.41 Å². The summed E-state index contributed by atoms with van der Waals surface area (Å²) in [4.78, 5) is 0. The van der Waals surface area contributed by atoms with Crippen LogP contribution < -0.4 is 0 Å².